The van der Waals surface area contributed by atoms with E-state index in [2.05, 4.69) is 10.4 Å². The summed E-state index contributed by atoms with van der Waals surface area (Å²) in [6.07, 6.45) is 6.81. The number of rotatable bonds is 4. The molecule has 1 atom stereocenters. The van der Waals surface area contributed by atoms with E-state index < -0.39 is 0 Å². The zero-order chi connectivity index (χ0) is 15.6. The van der Waals surface area contributed by atoms with Gasteiger partial charge in [0, 0.05) is 19.5 Å². The number of hydrogen-bond donors (Lipinski definition) is 1. The van der Waals surface area contributed by atoms with Crippen LogP contribution in [0.5, 0.6) is 0 Å². The van der Waals surface area contributed by atoms with Gasteiger partial charge in [-0.25, -0.2) is 9.97 Å². The molecular weight excluding hydrogens is 294 g/mol. The van der Waals surface area contributed by atoms with Crippen molar-refractivity contribution >= 4 is 16.9 Å². The Morgan fingerprint density at radius 1 is 1.26 bits per heavy atom. The summed E-state index contributed by atoms with van der Waals surface area (Å²) in [6, 6.07) is 0. The molecule has 1 saturated carbocycles. The van der Waals surface area contributed by atoms with Gasteiger partial charge in [0.2, 0.25) is 0 Å². The summed E-state index contributed by atoms with van der Waals surface area (Å²) in [7, 11) is 1.93. The van der Waals surface area contributed by atoms with E-state index in [1.807, 2.05) is 17.9 Å². The Kier molecular flexibility index (Phi) is 4.13. The van der Waals surface area contributed by atoms with Crippen LogP contribution in [0, 0.1) is 0 Å². The molecule has 0 bridgehead atoms. The van der Waals surface area contributed by atoms with Gasteiger partial charge in [-0.1, -0.05) is 12.8 Å². The second-order valence-electron chi connectivity index (χ2n) is 6.37. The Morgan fingerprint density at radius 3 is 2.91 bits per heavy atom. The monoisotopic (exact) mass is 317 g/mol. The lowest BCUT2D eigenvalue weighted by molar-refractivity contribution is -0.0819. The van der Waals surface area contributed by atoms with Crippen LogP contribution in [0.25, 0.3) is 11.0 Å². The van der Waals surface area contributed by atoms with Crippen molar-refractivity contribution in [3.05, 3.63) is 12.0 Å². The first kappa shape index (κ1) is 14.8. The normalized spacial score (nSPS) is 22.7. The van der Waals surface area contributed by atoms with Crippen molar-refractivity contribution in [2.24, 2.45) is 7.05 Å². The second-order valence-corrected chi connectivity index (χ2v) is 6.37. The van der Waals surface area contributed by atoms with Crippen molar-refractivity contribution in [3.8, 4) is 0 Å². The fraction of sp³-hybridized carbons (Fsp3) is 0.688. The van der Waals surface area contributed by atoms with Gasteiger partial charge in [0.05, 0.1) is 37.5 Å². The van der Waals surface area contributed by atoms with Gasteiger partial charge in [0.25, 0.3) is 0 Å². The molecule has 1 unspecified atom stereocenters. The third-order valence-corrected chi connectivity index (χ3v) is 4.71. The number of anilines is 1. The van der Waals surface area contributed by atoms with E-state index in [4.69, 9.17) is 19.4 Å². The van der Waals surface area contributed by atoms with E-state index in [1.165, 1.54) is 25.7 Å². The molecule has 2 aromatic rings. The zero-order valence-corrected chi connectivity index (χ0v) is 13.5. The minimum atomic E-state index is 0.0698. The van der Waals surface area contributed by atoms with Gasteiger partial charge in [0.1, 0.15) is 11.6 Å². The summed E-state index contributed by atoms with van der Waals surface area (Å²) in [4.78, 5) is 9.57. The summed E-state index contributed by atoms with van der Waals surface area (Å²) in [5.74, 6) is 2.28. The average molecular weight is 317 g/mol. The first-order valence-electron chi connectivity index (χ1n) is 8.44. The maximum absolute atomic E-state index is 5.70. The molecule has 2 fully saturated rings. The highest BCUT2D eigenvalue weighted by molar-refractivity contribution is 5.86. The van der Waals surface area contributed by atoms with E-state index in [9.17, 15) is 0 Å². The first-order valence-corrected chi connectivity index (χ1v) is 8.44. The molecule has 1 saturated heterocycles. The number of aromatic nitrogens is 4. The van der Waals surface area contributed by atoms with Crippen molar-refractivity contribution in [2.75, 3.05) is 31.7 Å². The Labute approximate surface area is 135 Å². The molecule has 23 heavy (non-hydrogen) atoms. The minimum absolute atomic E-state index is 0.0698. The standard InChI is InChI=1S/C16H23N5O2/c1-21-16-13(9-18-21)15(17-8-12-10-22-6-7-23-12)19-14(20-16)11-4-2-3-5-11/h9,11-12H,2-8,10H2,1H3,(H,17,19,20). The number of nitrogens with zero attached hydrogens (tertiary/aromatic N) is 4. The predicted molar refractivity (Wildman–Crippen MR) is 86.6 cm³/mol. The fourth-order valence-corrected chi connectivity index (χ4v) is 3.41. The predicted octanol–water partition coefficient (Wildman–Crippen LogP) is 1.85. The van der Waals surface area contributed by atoms with Crippen LogP contribution in [0.2, 0.25) is 0 Å². The van der Waals surface area contributed by atoms with Gasteiger partial charge in [0.15, 0.2) is 5.65 Å². The maximum Gasteiger partial charge on any atom is 0.163 e. The molecule has 7 nitrogen and oxygen atoms in total. The van der Waals surface area contributed by atoms with E-state index in [0.717, 1.165) is 22.7 Å². The van der Waals surface area contributed by atoms with Crippen molar-refractivity contribution in [1.82, 2.24) is 19.7 Å². The third-order valence-electron chi connectivity index (χ3n) is 4.71. The van der Waals surface area contributed by atoms with E-state index in [-0.39, 0.29) is 6.10 Å². The van der Waals surface area contributed by atoms with Crippen molar-refractivity contribution in [1.29, 1.82) is 0 Å². The van der Waals surface area contributed by atoms with Gasteiger partial charge in [-0.2, -0.15) is 5.10 Å². The topological polar surface area (TPSA) is 74.1 Å². The molecule has 2 aromatic heterocycles. The fourth-order valence-electron chi connectivity index (χ4n) is 3.41. The van der Waals surface area contributed by atoms with Gasteiger partial charge >= 0.3 is 0 Å². The van der Waals surface area contributed by atoms with Crippen LogP contribution >= 0.6 is 0 Å². The van der Waals surface area contributed by atoms with Crippen LogP contribution in [0.3, 0.4) is 0 Å². The zero-order valence-electron chi connectivity index (χ0n) is 13.5. The number of nitrogens with one attached hydrogen (secondary N) is 1. The lowest BCUT2D eigenvalue weighted by Gasteiger charge is -2.23. The Balaban J connectivity index is 1.60. The van der Waals surface area contributed by atoms with Crippen molar-refractivity contribution in [3.63, 3.8) is 0 Å². The van der Waals surface area contributed by atoms with Crippen LogP contribution in [0.15, 0.2) is 6.20 Å². The highest BCUT2D eigenvalue weighted by Gasteiger charge is 2.23. The summed E-state index contributed by atoms with van der Waals surface area (Å²) >= 11 is 0. The molecule has 0 spiro atoms. The molecule has 4 rings (SSSR count). The lowest BCUT2D eigenvalue weighted by Crippen LogP contribution is -2.34. The van der Waals surface area contributed by atoms with Crippen molar-refractivity contribution < 1.29 is 9.47 Å². The molecule has 124 valence electrons. The number of hydrogen-bond acceptors (Lipinski definition) is 6. The summed E-state index contributed by atoms with van der Waals surface area (Å²) in [5, 5.41) is 8.73. The SMILES string of the molecule is Cn1ncc2c(NCC3COCCO3)nc(C3CCCC3)nc21. The molecule has 1 aliphatic heterocycles. The Hall–Kier alpha value is -1.73. The molecule has 7 heteroatoms. The largest absolute Gasteiger partial charge is 0.376 e. The smallest absolute Gasteiger partial charge is 0.163 e. The first-order chi connectivity index (χ1) is 11.3. The third kappa shape index (κ3) is 3.03. The van der Waals surface area contributed by atoms with Gasteiger partial charge in [-0.05, 0) is 12.8 Å². The lowest BCUT2D eigenvalue weighted by atomic mass is 10.1. The number of ether oxygens (including phenoxy) is 2. The van der Waals surface area contributed by atoms with Crippen molar-refractivity contribution in [2.45, 2.75) is 37.7 Å². The van der Waals surface area contributed by atoms with Crippen LogP contribution in [0.4, 0.5) is 5.82 Å². The van der Waals surface area contributed by atoms with Crippen LogP contribution in [-0.4, -0.2) is 52.2 Å². The molecule has 0 radical (unpaired) electrons. The van der Waals surface area contributed by atoms with E-state index >= 15 is 0 Å². The van der Waals surface area contributed by atoms with E-state index in [0.29, 0.717) is 32.3 Å². The maximum atomic E-state index is 5.70. The average Bonchev–Trinajstić information content (AvgIpc) is 3.24. The molecule has 0 aromatic carbocycles. The van der Waals surface area contributed by atoms with Crippen LogP contribution < -0.4 is 5.32 Å². The van der Waals surface area contributed by atoms with Gasteiger partial charge in [-0.15, -0.1) is 0 Å². The Morgan fingerprint density at radius 2 is 2.13 bits per heavy atom. The van der Waals surface area contributed by atoms with Gasteiger partial charge in [-0.3, -0.25) is 4.68 Å². The van der Waals surface area contributed by atoms with Crippen LogP contribution in [0.1, 0.15) is 37.4 Å². The molecule has 0 amide bonds. The number of aryl methyl sites for hydroxylation is 1. The molecular formula is C16H23N5O2. The minimum Gasteiger partial charge on any atom is -0.376 e. The Bertz CT molecular complexity index is 674. The number of fused-ring (bicyclic) bond motifs is 1. The highest BCUT2D eigenvalue weighted by atomic mass is 16.6. The molecule has 2 aliphatic rings. The summed E-state index contributed by atoms with van der Waals surface area (Å²) < 4.78 is 13.0. The molecule has 1 N–H and O–H groups in total. The second kappa shape index (κ2) is 6.41. The summed E-state index contributed by atoms with van der Waals surface area (Å²) in [6.45, 7) is 2.66. The van der Waals surface area contributed by atoms with Gasteiger partial charge < -0.3 is 14.8 Å². The highest BCUT2D eigenvalue weighted by Crippen LogP contribution is 2.34. The quantitative estimate of drug-likeness (QED) is 0.927. The van der Waals surface area contributed by atoms with E-state index in [1.54, 1.807) is 0 Å². The molecule has 1 aliphatic carbocycles. The molecule has 3 heterocycles. The van der Waals surface area contributed by atoms with Crippen LogP contribution in [-0.2, 0) is 16.5 Å². The summed E-state index contributed by atoms with van der Waals surface area (Å²) in [5.41, 5.74) is 0.894.